The summed E-state index contributed by atoms with van der Waals surface area (Å²) in [4.78, 5) is 7.55. The molecule has 1 heterocycles. The summed E-state index contributed by atoms with van der Waals surface area (Å²) >= 11 is 3.27. The van der Waals surface area contributed by atoms with Gasteiger partial charge >= 0.3 is 0 Å². The number of para-hydroxylation sites is 2. The van der Waals surface area contributed by atoms with Gasteiger partial charge in [-0.3, -0.25) is 0 Å². The van der Waals surface area contributed by atoms with E-state index in [1.165, 1.54) is 7.11 Å². The Morgan fingerprint density at radius 2 is 2.17 bits per heavy atom. The molecule has 0 aliphatic heterocycles. The predicted octanol–water partition coefficient (Wildman–Crippen LogP) is 4.10. The van der Waals surface area contributed by atoms with Crippen molar-refractivity contribution < 1.29 is 9.84 Å². The van der Waals surface area contributed by atoms with Gasteiger partial charge in [0.05, 0.1) is 28.2 Å². The highest BCUT2D eigenvalue weighted by Gasteiger charge is 2.11. The minimum atomic E-state index is 0.0203. The molecule has 0 fully saturated rings. The van der Waals surface area contributed by atoms with Crippen LogP contribution in [0.25, 0.3) is 22.7 Å². The van der Waals surface area contributed by atoms with E-state index in [4.69, 9.17) is 4.74 Å². The molecule has 0 atom stereocenters. The maximum atomic E-state index is 9.85. The molecule has 0 saturated heterocycles. The summed E-state index contributed by atoms with van der Waals surface area (Å²) in [5.41, 5.74) is 2.77. The Hall–Kier alpha value is -2.78. The number of aromatic nitrogens is 2. The number of phenolic OH excluding ortho intramolecular Hbond substituents is 1. The zero-order chi connectivity index (χ0) is 16.4. The summed E-state index contributed by atoms with van der Waals surface area (Å²) in [6.45, 7) is 0. The number of hydrogen-bond donors (Lipinski definition) is 2. The van der Waals surface area contributed by atoms with Crippen LogP contribution in [0.2, 0.25) is 0 Å². The van der Waals surface area contributed by atoms with E-state index in [0.29, 0.717) is 27.2 Å². The SMILES string of the molecule is COc1cc(C=C(C#N)c2nc3ccccc3[nH]2)cc(Br)c1O. The Bertz CT molecular complexity index is 921. The number of methoxy groups -OCH3 is 1. The summed E-state index contributed by atoms with van der Waals surface area (Å²) in [7, 11) is 1.47. The van der Waals surface area contributed by atoms with E-state index in [9.17, 15) is 10.4 Å². The fourth-order valence-electron chi connectivity index (χ4n) is 2.23. The van der Waals surface area contributed by atoms with Crippen LogP contribution in [-0.2, 0) is 0 Å². The number of rotatable bonds is 3. The lowest BCUT2D eigenvalue weighted by Gasteiger charge is -2.06. The van der Waals surface area contributed by atoms with Gasteiger partial charge < -0.3 is 14.8 Å². The van der Waals surface area contributed by atoms with E-state index in [1.807, 2.05) is 24.3 Å². The Labute approximate surface area is 141 Å². The van der Waals surface area contributed by atoms with Crippen molar-refractivity contribution in [2.45, 2.75) is 0 Å². The summed E-state index contributed by atoms with van der Waals surface area (Å²) in [6.07, 6.45) is 1.68. The van der Waals surface area contributed by atoms with Gasteiger partial charge in [-0.15, -0.1) is 0 Å². The molecule has 5 nitrogen and oxygen atoms in total. The number of phenols is 1. The van der Waals surface area contributed by atoms with Gasteiger partial charge in [-0.05, 0) is 51.8 Å². The first-order chi connectivity index (χ1) is 11.1. The largest absolute Gasteiger partial charge is 0.503 e. The molecule has 0 saturated carbocycles. The molecule has 0 radical (unpaired) electrons. The maximum absolute atomic E-state index is 9.85. The van der Waals surface area contributed by atoms with Crippen LogP contribution >= 0.6 is 15.9 Å². The van der Waals surface area contributed by atoms with Gasteiger partial charge in [0, 0.05) is 0 Å². The third-order valence-corrected chi connectivity index (χ3v) is 3.95. The van der Waals surface area contributed by atoms with Crippen molar-refractivity contribution in [3.8, 4) is 17.6 Å². The summed E-state index contributed by atoms with van der Waals surface area (Å²) in [6, 6.07) is 13.1. The van der Waals surface area contributed by atoms with Crippen LogP contribution in [0.1, 0.15) is 11.4 Å². The van der Waals surface area contributed by atoms with Crippen molar-refractivity contribution in [3.63, 3.8) is 0 Å². The van der Waals surface area contributed by atoms with Gasteiger partial charge in [-0.2, -0.15) is 5.26 Å². The highest BCUT2D eigenvalue weighted by Crippen LogP contribution is 2.36. The number of benzene rings is 2. The van der Waals surface area contributed by atoms with E-state index in [-0.39, 0.29) is 5.75 Å². The van der Waals surface area contributed by atoms with Crippen LogP contribution in [-0.4, -0.2) is 22.2 Å². The van der Waals surface area contributed by atoms with Gasteiger partial charge in [-0.1, -0.05) is 12.1 Å². The van der Waals surface area contributed by atoms with Crippen molar-refractivity contribution in [1.82, 2.24) is 9.97 Å². The number of hydrogen-bond acceptors (Lipinski definition) is 4. The fourth-order valence-corrected chi connectivity index (χ4v) is 2.69. The number of halogens is 1. The number of nitriles is 1. The molecule has 0 spiro atoms. The van der Waals surface area contributed by atoms with Gasteiger partial charge in [0.15, 0.2) is 11.5 Å². The van der Waals surface area contributed by atoms with Crippen molar-refractivity contribution in [2.75, 3.05) is 7.11 Å². The van der Waals surface area contributed by atoms with Gasteiger partial charge in [-0.25, -0.2) is 4.98 Å². The van der Waals surface area contributed by atoms with E-state index in [1.54, 1.807) is 18.2 Å². The zero-order valence-corrected chi connectivity index (χ0v) is 13.8. The molecule has 2 aromatic carbocycles. The first-order valence-corrected chi connectivity index (χ1v) is 7.55. The first kappa shape index (κ1) is 15.1. The van der Waals surface area contributed by atoms with Gasteiger partial charge in [0.2, 0.25) is 0 Å². The maximum Gasteiger partial charge on any atom is 0.172 e. The normalized spacial score (nSPS) is 11.4. The fraction of sp³-hybridized carbons (Fsp3) is 0.0588. The molecule has 0 aliphatic rings. The summed E-state index contributed by atoms with van der Waals surface area (Å²) < 4.78 is 5.61. The van der Waals surface area contributed by atoms with Gasteiger partial charge in [0.1, 0.15) is 11.9 Å². The molecule has 6 heteroatoms. The second-order valence-electron chi connectivity index (χ2n) is 4.83. The van der Waals surface area contributed by atoms with E-state index in [0.717, 1.165) is 11.0 Å². The molecule has 2 N–H and O–H groups in total. The van der Waals surface area contributed by atoms with Crippen molar-refractivity contribution >= 4 is 38.6 Å². The van der Waals surface area contributed by atoms with Crippen molar-refractivity contribution in [2.24, 2.45) is 0 Å². The Balaban J connectivity index is 2.09. The number of imidazole rings is 1. The van der Waals surface area contributed by atoms with Crippen LogP contribution in [0.4, 0.5) is 0 Å². The van der Waals surface area contributed by atoms with E-state index in [2.05, 4.69) is 32.0 Å². The second-order valence-corrected chi connectivity index (χ2v) is 5.68. The third kappa shape index (κ3) is 2.91. The number of aromatic hydroxyl groups is 1. The molecule has 114 valence electrons. The monoisotopic (exact) mass is 369 g/mol. The van der Waals surface area contributed by atoms with Crippen LogP contribution in [0.5, 0.6) is 11.5 Å². The Morgan fingerprint density at radius 3 is 2.87 bits per heavy atom. The van der Waals surface area contributed by atoms with Crippen molar-refractivity contribution in [3.05, 3.63) is 52.3 Å². The minimum Gasteiger partial charge on any atom is -0.503 e. The molecule has 0 unspecified atom stereocenters. The number of H-pyrrole nitrogens is 1. The third-order valence-electron chi connectivity index (χ3n) is 3.35. The van der Waals surface area contributed by atoms with E-state index < -0.39 is 0 Å². The highest BCUT2D eigenvalue weighted by atomic mass is 79.9. The van der Waals surface area contributed by atoms with Crippen LogP contribution < -0.4 is 4.74 Å². The first-order valence-electron chi connectivity index (χ1n) is 6.76. The van der Waals surface area contributed by atoms with Crippen LogP contribution in [0.15, 0.2) is 40.9 Å². The number of ether oxygens (including phenoxy) is 1. The number of nitrogens with zero attached hydrogens (tertiary/aromatic N) is 2. The summed E-state index contributed by atoms with van der Waals surface area (Å²) in [5, 5.41) is 19.3. The molecule has 3 rings (SSSR count). The Kier molecular flexibility index (Phi) is 4.04. The average molecular weight is 370 g/mol. The van der Waals surface area contributed by atoms with Crippen LogP contribution in [0.3, 0.4) is 0 Å². The Morgan fingerprint density at radius 1 is 1.39 bits per heavy atom. The number of fused-ring (bicyclic) bond motifs is 1. The molecule has 3 aromatic rings. The lowest BCUT2D eigenvalue weighted by molar-refractivity contribution is 0.372. The summed E-state index contributed by atoms with van der Waals surface area (Å²) in [5.74, 6) is 0.844. The average Bonchev–Trinajstić information content (AvgIpc) is 2.99. The quantitative estimate of drug-likeness (QED) is 0.680. The standard InChI is InChI=1S/C17H12BrN3O2/c1-23-15-8-10(7-12(18)16(15)22)6-11(9-19)17-20-13-4-2-3-5-14(13)21-17/h2-8,22H,1H3,(H,20,21). The van der Waals surface area contributed by atoms with Gasteiger partial charge in [0.25, 0.3) is 0 Å². The minimum absolute atomic E-state index is 0.0203. The molecule has 0 amide bonds. The predicted molar refractivity (Wildman–Crippen MR) is 91.9 cm³/mol. The molecular formula is C17H12BrN3O2. The van der Waals surface area contributed by atoms with Crippen LogP contribution in [0, 0.1) is 11.3 Å². The number of aromatic amines is 1. The highest BCUT2D eigenvalue weighted by molar-refractivity contribution is 9.10. The lowest BCUT2D eigenvalue weighted by Crippen LogP contribution is -1.88. The smallest absolute Gasteiger partial charge is 0.172 e. The molecular weight excluding hydrogens is 358 g/mol. The molecule has 0 aliphatic carbocycles. The van der Waals surface area contributed by atoms with Crippen molar-refractivity contribution in [1.29, 1.82) is 5.26 Å². The second kappa shape index (κ2) is 6.15. The number of nitrogens with one attached hydrogen (secondary N) is 1. The molecule has 23 heavy (non-hydrogen) atoms. The molecule has 1 aromatic heterocycles. The lowest BCUT2D eigenvalue weighted by atomic mass is 10.1. The topological polar surface area (TPSA) is 81.9 Å². The molecule has 0 bridgehead atoms. The zero-order valence-electron chi connectivity index (χ0n) is 12.2. The number of allylic oxidation sites excluding steroid dienone is 1. The van der Waals surface area contributed by atoms with E-state index >= 15 is 0 Å².